The minimum atomic E-state index is 0.481. The predicted molar refractivity (Wildman–Crippen MR) is 57.6 cm³/mol. The van der Waals surface area contributed by atoms with Crippen LogP contribution in [0.25, 0.3) is 5.57 Å². The number of nitrogens with zero attached hydrogens (tertiary/aromatic N) is 2. The number of rotatable bonds is 4. The predicted octanol–water partition coefficient (Wildman–Crippen LogP) is 1.18. The van der Waals surface area contributed by atoms with Crippen LogP contribution in [0.5, 0.6) is 0 Å². The Hall–Kier alpha value is -0.710. The van der Waals surface area contributed by atoms with E-state index in [0.717, 1.165) is 17.1 Å². The van der Waals surface area contributed by atoms with Crippen LogP contribution < -0.4 is 5.73 Å². The Labute approximate surface area is 82.9 Å². The number of nitrogens with two attached hydrogens (primary N) is 1. The second-order valence-electron chi connectivity index (χ2n) is 3.18. The molecule has 0 atom stereocenters. The Morgan fingerprint density at radius 1 is 1.69 bits per heavy atom. The van der Waals surface area contributed by atoms with Gasteiger partial charge in [0.1, 0.15) is 5.01 Å². The molecule has 0 unspecified atom stereocenters. The van der Waals surface area contributed by atoms with Crippen LogP contribution in [0.3, 0.4) is 0 Å². The molecular weight excluding hydrogens is 182 g/mol. The van der Waals surface area contributed by atoms with Gasteiger partial charge in [-0.1, -0.05) is 6.58 Å². The second kappa shape index (κ2) is 4.50. The van der Waals surface area contributed by atoms with E-state index in [0.29, 0.717) is 6.54 Å². The zero-order valence-electron chi connectivity index (χ0n) is 8.08. The Morgan fingerprint density at radius 2 is 2.38 bits per heavy atom. The first kappa shape index (κ1) is 10.4. The third kappa shape index (κ3) is 2.91. The molecule has 3 nitrogen and oxygen atoms in total. The summed E-state index contributed by atoms with van der Waals surface area (Å²) in [6.07, 6.45) is 1.89. The van der Waals surface area contributed by atoms with E-state index >= 15 is 0 Å². The van der Waals surface area contributed by atoms with E-state index in [1.54, 1.807) is 11.3 Å². The van der Waals surface area contributed by atoms with Gasteiger partial charge in [-0.2, -0.15) is 0 Å². The van der Waals surface area contributed by atoms with Crippen molar-refractivity contribution in [3.8, 4) is 0 Å². The highest BCUT2D eigenvalue weighted by Crippen LogP contribution is 2.19. The first-order valence-corrected chi connectivity index (χ1v) is 4.92. The fourth-order valence-corrected chi connectivity index (χ4v) is 1.95. The van der Waals surface area contributed by atoms with Gasteiger partial charge in [0.15, 0.2) is 0 Å². The summed E-state index contributed by atoms with van der Waals surface area (Å²) in [6.45, 7) is 5.25. The highest BCUT2D eigenvalue weighted by molar-refractivity contribution is 7.12. The maximum Gasteiger partial charge on any atom is 0.120 e. The van der Waals surface area contributed by atoms with Gasteiger partial charge in [-0.25, -0.2) is 4.98 Å². The van der Waals surface area contributed by atoms with Gasteiger partial charge in [-0.05, 0) is 19.7 Å². The molecule has 0 amide bonds. The van der Waals surface area contributed by atoms with Crippen LogP contribution in [0.1, 0.15) is 9.88 Å². The number of thiazole rings is 1. The summed E-state index contributed by atoms with van der Waals surface area (Å²) >= 11 is 1.66. The molecule has 4 heteroatoms. The average Bonchev–Trinajstić information content (AvgIpc) is 2.50. The highest BCUT2D eigenvalue weighted by atomic mass is 32.1. The SMILES string of the molecule is C=C(CN)c1ncc(CN(C)C)s1. The van der Waals surface area contributed by atoms with E-state index in [1.165, 1.54) is 4.88 Å². The lowest BCUT2D eigenvalue weighted by molar-refractivity contribution is 0.406. The summed E-state index contributed by atoms with van der Waals surface area (Å²) in [5, 5.41) is 0.958. The Bertz CT molecular complexity index is 291. The molecule has 0 aliphatic heterocycles. The summed E-state index contributed by atoms with van der Waals surface area (Å²) < 4.78 is 0. The third-order valence-electron chi connectivity index (χ3n) is 1.57. The summed E-state index contributed by atoms with van der Waals surface area (Å²) in [6, 6.07) is 0. The van der Waals surface area contributed by atoms with Crippen LogP contribution in [0.4, 0.5) is 0 Å². The molecule has 2 N–H and O–H groups in total. The lowest BCUT2D eigenvalue weighted by atomic mass is 10.3. The van der Waals surface area contributed by atoms with Gasteiger partial charge in [0, 0.05) is 24.2 Å². The highest BCUT2D eigenvalue weighted by Gasteiger charge is 2.04. The molecule has 0 aliphatic carbocycles. The van der Waals surface area contributed by atoms with Crippen molar-refractivity contribution in [2.24, 2.45) is 5.73 Å². The van der Waals surface area contributed by atoms with Crippen LogP contribution in [-0.4, -0.2) is 30.5 Å². The molecule has 0 radical (unpaired) electrons. The van der Waals surface area contributed by atoms with Crippen LogP contribution >= 0.6 is 11.3 Å². The average molecular weight is 197 g/mol. The smallest absolute Gasteiger partial charge is 0.120 e. The molecule has 0 spiro atoms. The van der Waals surface area contributed by atoms with Gasteiger partial charge >= 0.3 is 0 Å². The van der Waals surface area contributed by atoms with Gasteiger partial charge in [0.25, 0.3) is 0 Å². The topological polar surface area (TPSA) is 42.1 Å². The van der Waals surface area contributed by atoms with E-state index in [4.69, 9.17) is 5.73 Å². The first-order valence-electron chi connectivity index (χ1n) is 4.11. The number of hydrogen-bond donors (Lipinski definition) is 1. The van der Waals surface area contributed by atoms with Crippen LogP contribution in [0, 0.1) is 0 Å². The third-order valence-corrected chi connectivity index (χ3v) is 2.66. The largest absolute Gasteiger partial charge is 0.326 e. The molecule has 0 aliphatic rings. The van der Waals surface area contributed by atoms with Gasteiger partial charge in [0.2, 0.25) is 0 Å². The number of aromatic nitrogens is 1. The molecule has 0 bridgehead atoms. The van der Waals surface area contributed by atoms with Crippen molar-refractivity contribution in [1.82, 2.24) is 9.88 Å². The second-order valence-corrected chi connectivity index (χ2v) is 4.29. The van der Waals surface area contributed by atoms with Crippen LogP contribution in [0.15, 0.2) is 12.8 Å². The van der Waals surface area contributed by atoms with Crippen molar-refractivity contribution >= 4 is 16.9 Å². The molecule has 0 saturated heterocycles. The zero-order valence-corrected chi connectivity index (χ0v) is 8.90. The molecule has 0 aromatic carbocycles. The van der Waals surface area contributed by atoms with E-state index in [2.05, 4.69) is 16.5 Å². The zero-order chi connectivity index (χ0) is 9.84. The van der Waals surface area contributed by atoms with E-state index in [1.807, 2.05) is 20.3 Å². The maximum absolute atomic E-state index is 5.47. The lowest BCUT2D eigenvalue weighted by Crippen LogP contribution is -2.09. The minimum Gasteiger partial charge on any atom is -0.326 e. The van der Waals surface area contributed by atoms with Gasteiger partial charge in [-0.3, -0.25) is 0 Å². The Morgan fingerprint density at radius 3 is 2.92 bits per heavy atom. The summed E-state index contributed by atoms with van der Waals surface area (Å²) in [5.74, 6) is 0. The fraction of sp³-hybridized carbons (Fsp3) is 0.444. The van der Waals surface area contributed by atoms with Crippen molar-refractivity contribution in [2.45, 2.75) is 6.54 Å². The van der Waals surface area contributed by atoms with Crippen molar-refractivity contribution in [3.05, 3.63) is 22.7 Å². The molecule has 1 rings (SSSR count). The molecule has 13 heavy (non-hydrogen) atoms. The number of hydrogen-bond acceptors (Lipinski definition) is 4. The molecule has 1 aromatic rings. The van der Waals surface area contributed by atoms with Crippen molar-refractivity contribution < 1.29 is 0 Å². The summed E-state index contributed by atoms with van der Waals surface area (Å²) in [5.41, 5.74) is 6.38. The minimum absolute atomic E-state index is 0.481. The Kier molecular flexibility index (Phi) is 3.59. The van der Waals surface area contributed by atoms with Gasteiger partial charge in [-0.15, -0.1) is 11.3 Å². The van der Waals surface area contributed by atoms with E-state index in [-0.39, 0.29) is 0 Å². The fourth-order valence-electron chi connectivity index (χ4n) is 0.943. The summed E-state index contributed by atoms with van der Waals surface area (Å²) in [7, 11) is 4.08. The van der Waals surface area contributed by atoms with E-state index in [9.17, 15) is 0 Å². The molecule has 1 heterocycles. The molecule has 72 valence electrons. The molecule has 1 aromatic heterocycles. The Balaban J connectivity index is 2.69. The van der Waals surface area contributed by atoms with E-state index < -0.39 is 0 Å². The van der Waals surface area contributed by atoms with Crippen molar-refractivity contribution in [3.63, 3.8) is 0 Å². The van der Waals surface area contributed by atoms with Gasteiger partial charge < -0.3 is 10.6 Å². The van der Waals surface area contributed by atoms with Gasteiger partial charge in [0.05, 0.1) is 0 Å². The van der Waals surface area contributed by atoms with Crippen molar-refractivity contribution in [2.75, 3.05) is 20.6 Å². The maximum atomic E-state index is 5.47. The molecule has 0 saturated carbocycles. The first-order chi connectivity index (χ1) is 6.13. The quantitative estimate of drug-likeness (QED) is 0.788. The standard InChI is InChI=1S/C9H15N3S/c1-7(4-10)9-11-5-8(13-9)6-12(2)3/h5H,1,4,6,10H2,2-3H3. The van der Waals surface area contributed by atoms with Crippen LogP contribution in [-0.2, 0) is 6.54 Å². The molecular formula is C9H15N3S. The monoisotopic (exact) mass is 197 g/mol. The van der Waals surface area contributed by atoms with Crippen LogP contribution in [0.2, 0.25) is 0 Å². The normalized spacial score (nSPS) is 10.8. The van der Waals surface area contributed by atoms with Crippen molar-refractivity contribution in [1.29, 1.82) is 0 Å². The summed E-state index contributed by atoms with van der Waals surface area (Å²) in [4.78, 5) is 7.61. The molecule has 0 fully saturated rings. The lowest BCUT2D eigenvalue weighted by Gasteiger charge is -2.05.